The Balaban J connectivity index is 1.86. The number of para-hydroxylation sites is 2. The van der Waals surface area contributed by atoms with Crippen LogP contribution in [0.2, 0.25) is 5.02 Å². The molecule has 3 rings (SSSR count). The smallest absolute Gasteiger partial charge is 0.166 e. The van der Waals surface area contributed by atoms with Crippen molar-refractivity contribution in [1.29, 1.82) is 0 Å². The van der Waals surface area contributed by atoms with Crippen LogP contribution in [-0.4, -0.2) is 9.97 Å². The van der Waals surface area contributed by atoms with Crippen molar-refractivity contribution >= 4 is 34.4 Å². The first-order chi connectivity index (χ1) is 9.24. The van der Waals surface area contributed by atoms with Gasteiger partial charge in [0.15, 0.2) is 5.16 Å². The minimum absolute atomic E-state index is 0.259. The van der Waals surface area contributed by atoms with Crippen LogP contribution in [0.4, 0.5) is 0 Å². The quantitative estimate of drug-likeness (QED) is 0.682. The molecule has 0 aliphatic carbocycles. The van der Waals surface area contributed by atoms with Gasteiger partial charge in [-0.2, -0.15) is 0 Å². The van der Waals surface area contributed by atoms with E-state index in [1.54, 1.807) is 11.8 Å². The van der Waals surface area contributed by atoms with E-state index in [0.29, 0.717) is 0 Å². The molecular weight excluding hydrogens is 276 g/mol. The maximum Gasteiger partial charge on any atom is 0.166 e. The molecule has 0 spiro atoms. The Morgan fingerprint density at radius 2 is 1.84 bits per heavy atom. The number of aromatic nitrogens is 2. The van der Waals surface area contributed by atoms with Crippen molar-refractivity contribution in [3.05, 3.63) is 59.1 Å². The summed E-state index contributed by atoms with van der Waals surface area (Å²) in [5.74, 6) is 0. The van der Waals surface area contributed by atoms with E-state index >= 15 is 0 Å². The second kappa shape index (κ2) is 5.27. The highest BCUT2D eigenvalue weighted by Crippen LogP contribution is 2.37. The van der Waals surface area contributed by atoms with Crippen LogP contribution in [0.1, 0.15) is 17.7 Å². The van der Waals surface area contributed by atoms with E-state index in [4.69, 9.17) is 11.6 Å². The zero-order valence-electron chi connectivity index (χ0n) is 10.4. The zero-order valence-corrected chi connectivity index (χ0v) is 12.0. The molecule has 19 heavy (non-hydrogen) atoms. The first-order valence-corrected chi connectivity index (χ1v) is 7.35. The highest BCUT2D eigenvalue weighted by Gasteiger charge is 2.13. The summed E-state index contributed by atoms with van der Waals surface area (Å²) in [4.78, 5) is 7.90. The second-order valence-electron chi connectivity index (χ2n) is 4.34. The van der Waals surface area contributed by atoms with Crippen LogP contribution in [0.15, 0.2) is 53.7 Å². The monoisotopic (exact) mass is 288 g/mol. The molecule has 2 nitrogen and oxygen atoms in total. The number of nitrogens with zero attached hydrogens (tertiary/aromatic N) is 1. The number of rotatable bonds is 3. The van der Waals surface area contributed by atoms with Crippen LogP contribution in [0, 0.1) is 0 Å². The van der Waals surface area contributed by atoms with Gasteiger partial charge in [0.1, 0.15) is 0 Å². The first-order valence-electron chi connectivity index (χ1n) is 6.10. The lowest BCUT2D eigenvalue weighted by Crippen LogP contribution is -1.90. The number of fused-ring (bicyclic) bond motifs is 1. The van der Waals surface area contributed by atoms with E-state index in [1.165, 1.54) is 0 Å². The highest BCUT2D eigenvalue weighted by atomic mass is 35.5. The summed E-state index contributed by atoms with van der Waals surface area (Å²) in [6.45, 7) is 2.14. The third-order valence-electron chi connectivity index (χ3n) is 3.00. The van der Waals surface area contributed by atoms with Gasteiger partial charge in [0.05, 0.1) is 11.0 Å². The number of thioether (sulfide) groups is 1. The molecule has 0 bridgehead atoms. The average molecular weight is 289 g/mol. The second-order valence-corrected chi connectivity index (χ2v) is 6.08. The molecule has 1 atom stereocenters. The maximum atomic E-state index is 6.22. The molecule has 0 saturated heterocycles. The molecule has 0 aliphatic heterocycles. The van der Waals surface area contributed by atoms with E-state index in [0.717, 1.165) is 26.8 Å². The lowest BCUT2D eigenvalue weighted by atomic mass is 10.2. The van der Waals surface area contributed by atoms with Gasteiger partial charge in [0, 0.05) is 10.3 Å². The van der Waals surface area contributed by atoms with Crippen molar-refractivity contribution in [1.82, 2.24) is 9.97 Å². The lowest BCUT2D eigenvalue weighted by Gasteiger charge is -2.11. The fourth-order valence-corrected chi connectivity index (χ4v) is 3.37. The van der Waals surface area contributed by atoms with Crippen molar-refractivity contribution in [3.63, 3.8) is 0 Å². The molecule has 0 aliphatic rings. The molecule has 1 heterocycles. The minimum Gasteiger partial charge on any atom is -0.333 e. The lowest BCUT2D eigenvalue weighted by molar-refractivity contribution is 1.03. The zero-order chi connectivity index (χ0) is 13.2. The van der Waals surface area contributed by atoms with Crippen LogP contribution in [-0.2, 0) is 0 Å². The van der Waals surface area contributed by atoms with Crippen LogP contribution < -0.4 is 0 Å². The molecule has 0 amide bonds. The van der Waals surface area contributed by atoms with Gasteiger partial charge < -0.3 is 4.98 Å². The molecule has 96 valence electrons. The molecule has 4 heteroatoms. The fourth-order valence-electron chi connectivity index (χ4n) is 2.02. The molecule has 0 fully saturated rings. The Morgan fingerprint density at radius 3 is 2.63 bits per heavy atom. The van der Waals surface area contributed by atoms with Crippen LogP contribution in [0.25, 0.3) is 11.0 Å². The Labute approximate surface area is 121 Å². The largest absolute Gasteiger partial charge is 0.333 e. The molecule has 1 aromatic heterocycles. The van der Waals surface area contributed by atoms with E-state index in [2.05, 4.69) is 23.0 Å². The SMILES string of the molecule is CC(Sc1nc2ccccc2[nH]1)c1ccccc1Cl. The number of imidazole rings is 1. The summed E-state index contributed by atoms with van der Waals surface area (Å²) in [6.07, 6.45) is 0. The predicted octanol–water partition coefficient (Wildman–Crippen LogP) is 5.07. The normalized spacial score (nSPS) is 12.7. The van der Waals surface area contributed by atoms with Gasteiger partial charge in [-0.3, -0.25) is 0 Å². The number of halogens is 1. The highest BCUT2D eigenvalue weighted by molar-refractivity contribution is 7.99. The topological polar surface area (TPSA) is 28.7 Å². The molecule has 1 N–H and O–H groups in total. The van der Waals surface area contributed by atoms with E-state index in [-0.39, 0.29) is 5.25 Å². The first kappa shape index (κ1) is 12.6. The van der Waals surface area contributed by atoms with Gasteiger partial charge in [-0.1, -0.05) is 53.7 Å². The molecule has 0 radical (unpaired) electrons. The number of hydrogen-bond donors (Lipinski definition) is 1. The number of H-pyrrole nitrogens is 1. The minimum atomic E-state index is 0.259. The molecule has 1 unspecified atom stereocenters. The summed E-state index contributed by atoms with van der Waals surface area (Å²) >= 11 is 7.91. The molecule has 3 aromatic rings. The number of aromatic amines is 1. The van der Waals surface area contributed by atoms with Gasteiger partial charge in [0.2, 0.25) is 0 Å². The van der Waals surface area contributed by atoms with E-state index in [9.17, 15) is 0 Å². The van der Waals surface area contributed by atoms with Crippen molar-refractivity contribution in [3.8, 4) is 0 Å². The van der Waals surface area contributed by atoms with E-state index in [1.807, 2.05) is 42.5 Å². The Bertz CT molecular complexity index is 675. The van der Waals surface area contributed by atoms with Crippen LogP contribution in [0.3, 0.4) is 0 Å². The number of nitrogens with one attached hydrogen (secondary N) is 1. The fraction of sp³-hybridized carbons (Fsp3) is 0.133. The van der Waals surface area contributed by atoms with Gasteiger partial charge in [-0.15, -0.1) is 0 Å². The summed E-state index contributed by atoms with van der Waals surface area (Å²) in [5, 5.41) is 1.99. The molecule has 2 aromatic carbocycles. The van der Waals surface area contributed by atoms with Gasteiger partial charge >= 0.3 is 0 Å². The summed E-state index contributed by atoms with van der Waals surface area (Å²) < 4.78 is 0. The molecular formula is C15H13ClN2S. The van der Waals surface area contributed by atoms with Crippen LogP contribution >= 0.6 is 23.4 Å². The third-order valence-corrected chi connectivity index (χ3v) is 4.37. The number of benzene rings is 2. The van der Waals surface area contributed by atoms with Gasteiger partial charge in [-0.05, 0) is 30.7 Å². The standard InChI is InChI=1S/C15H13ClN2S/c1-10(11-6-2-3-7-12(11)16)19-15-17-13-8-4-5-9-14(13)18-15/h2-10H,1H3,(H,17,18). The summed E-state index contributed by atoms with van der Waals surface area (Å²) in [7, 11) is 0. The van der Waals surface area contributed by atoms with Gasteiger partial charge in [0.25, 0.3) is 0 Å². The Morgan fingerprint density at radius 1 is 1.11 bits per heavy atom. The van der Waals surface area contributed by atoms with Crippen LogP contribution in [0.5, 0.6) is 0 Å². The summed E-state index contributed by atoms with van der Waals surface area (Å²) in [5.41, 5.74) is 3.20. The van der Waals surface area contributed by atoms with Crippen molar-refractivity contribution < 1.29 is 0 Å². The van der Waals surface area contributed by atoms with Crippen molar-refractivity contribution in [2.24, 2.45) is 0 Å². The predicted molar refractivity (Wildman–Crippen MR) is 81.8 cm³/mol. The molecule has 0 saturated carbocycles. The number of hydrogen-bond acceptors (Lipinski definition) is 2. The van der Waals surface area contributed by atoms with E-state index < -0.39 is 0 Å². The average Bonchev–Trinajstić information content (AvgIpc) is 2.81. The van der Waals surface area contributed by atoms with Gasteiger partial charge in [-0.25, -0.2) is 4.98 Å². The third kappa shape index (κ3) is 2.62. The summed E-state index contributed by atoms with van der Waals surface area (Å²) in [6, 6.07) is 16.0. The van der Waals surface area contributed by atoms with Crippen molar-refractivity contribution in [2.45, 2.75) is 17.3 Å². The van der Waals surface area contributed by atoms with Crippen molar-refractivity contribution in [2.75, 3.05) is 0 Å². The Kier molecular flexibility index (Phi) is 3.49. The maximum absolute atomic E-state index is 6.22. The Hall–Kier alpha value is -1.45.